The summed E-state index contributed by atoms with van der Waals surface area (Å²) in [4.78, 5) is 0. The minimum Gasteiger partial charge on any atom is -0.318 e. The summed E-state index contributed by atoms with van der Waals surface area (Å²) in [5, 5.41) is 0. The summed E-state index contributed by atoms with van der Waals surface area (Å²) >= 11 is 0. The molecule has 1 aliphatic rings. The summed E-state index contributed by atoms with van der Waals surface area (Å²) in [6.07, 6.45) is 6.54. The predicted molar refractivity (Wildman–Crippen MR) is 75.1 cm³/mol. The SMILES string of the molecule is CC1(C)CCc2ccccc2C1Nn1cccc1. The van der Waals surface area contributed by atoms with E-state index < -0.39 is 0 Å². The van der Waals surface area contributed by atoms with E-state index in [9.17, 15) is 0 Å². The van der Waals surface area contributed by atoms with Gasteiger partial charge in [-0.2, -0.15) is 0 Å². The Morgan fingerprint density at radius 1 is 1.11 bits per heavy atom. The van der Waals surface area contributed by atoms with Crippen LogP contribution in [0.1, 0.15) is 37.4 Å². The van der Waals surface area contributed by atoms with E-state index >= 15 is 0 Å². The Kier molecular flexibility index (Phi) is 2.66. The Bertz CT molecular complexity index is 526. The number of nitrogens with one attached hydrogen (secondary N) is 1. The molecule has 94 valence electrons. The van der Waals surface area contributed by atoms with Crippen LogP contribution < -0.4 is 5.43 Å². The second-order valence-corrected chi connectivity index (χ2v) is 5.84. The van der Waals surface area contributed by atoms with E-state index in [-0.39, 0.29) is 5.41 Å². The fourth-order valence-corrected chi connectivity index (χ4v) is 2.88. The monoisotopic (exact) mass is 240 g/mol. The molecule has 2 heteroatoms. The van der Waals surface area contributed by atoms with E-state index in [1.54, 1.807) is 0 Å². The minimum absolute atomic E-state index is 0.276. The molecule has 18 heavy (non-hydrogen) atoms. The maximum Gasteiger partial charge on any atom is 0.0727 e. The van der Waals surface area contributed by atoms with Crippen LogP contribution in [0, 0.1) is 5.41 Å². The lowest BCUT2D eigenvalue weighted by Gasteiger charge is -2.41. The highest BCUT2D eigenvalue weighted by Gasteiger charge is 2.35. The molecular weight excluding hydrogens is 220 g/mol. The van der Waals surface area contributed by atoms with Crippen LogP contribution in [-0.2, 0) is 6.42 Å². The van der Waals surface area contributed by atoms with Gasteiger partial charge in [-0.1, -0.05) is 38.1 Å². The average Bonchev–Trinajstić information content (AvgIpc) is 2.86. The van der Waals surface area contributed by atoms with E-state index in [0.717, 1.165) is 0 Å². The molecule has 1 aromatic carbocycles. The molecule has 1 N–H and O–H groups in total. The molecule has 1 heterocycles. The first-order chi connectivity index (χ1) is 8.67. The number of fused-ring (bicyclic) bond motifs is 1. The molecule has 0 saturated carbocycles. The second kappa shape index (κ2) is 4.20. The zero-order valence-electron chi connectivity index (χ0n) is 11.1. The topological polar surface area (TPSA) is 17.0 Å². The number of hydrogen-bond acceptors (Lipinski definition) is 1. The quantitative estimate of drug-likeness (QED) is 0.846. The average molecular weight is 240 g/mol. The van der Waals surface area contributed by atoms with Crippen molar-refractivity contribution in [1.82, 2.24) is 4.68 Å². The molecule has 0 fully saturated rings. The largest absolute Gasteiger partial charge is 0.318 e. The molecule has 0 spiro atoms. The van der Waals surface area contributed by atoms with Crippen molar-refractivity contribution in [2.45, 2.75) is 32.7 Å². The third kappa shape index (κ3) is 1.92. The number of benzene rings is 1. The first kappa shape index (κ1) is 11.4. The highest BCUT2D eigenvalue weighted by molar-refractivity contribution is 5.35. The van der Waals surface area contributed by atoms with Gasteiger partial charge in [-0.05, 0) is 41.5 Å². The number of hydrogen-bond donors (Lipinski definition) is 1. The molecule has 1 aromatic heterocycles. The normalized spacial score (nSPS) is 21.3. The fraction of sp³-hybridized carbons (Fsp3) is 0.375. The Balaban J connectivity index is 1.98. The van der Waals surface area contributed by atoms with Gasteiger partial charge >= 0.3 is 0 Å². The van der Waals surface area contributed by atoms with Crippen LogP contribution in [-0.4, -0.2) is 4.68 Å². The van der Waals surface area contributed by atoms with Crippen LogP contribution in [0.3, 0.4) is 0 Å². The molecule has 3 rings (SSSR count). The Labute approximate surface area is 109 Å². The molecule has 0 bridgehead atoms. The van der Waals surface area contributed by atoms with Crippen LogP contribution in [0.5, 0.6) is 0 Å². The van der Waals surface area contributed by atoms with Gasteiger partial charge in [-0.3, -0.25) is 4.68 Å². The fourth-order valence-electron chi connectivity index (χ4n) is 2.88. The Hall–Kier alpha value is -1.70. The van der Waals surface area contributed by atoms with E-state index in [1.807, 2.05) is 0 Å². The lowest BCUT2D eigenvalue weighted by Crippen LogP contribution is -2.36. The van der Waals surface area contributed by atoms with Gasteiger partial charge in [-0.25, -0.2) is 0 Å². The summed E-state index contributed by atoms with van der Waals surface area (Å²) in [5.74, 6) is 0. The van der Waals surface area contributed by atoms with Crippen LogP contribution >= 0.6 is 0 Å². The van der Waals surface area contributed by atoms with Gasteiger partial charge in [0.1, 0.15) is 0 Å². The first-order valence-electron chi connectivity index (χ1n) is 6.64. The molecule has 0 saturated heterocycles. The van der Waals surface area contributed by atoms with E-state index in [1.165, 1.54) is 24.0 Å². The molecule has 2 nitrogen and oxygen atoms in total. The van der Waals surface area contributed by atoms with Gasteiger partial charge in [0, 0.05) is 12.4 Å². The van der Waals surface area contributed by atoms with Gasteiger partial charge in [0.05, 0.1) is 6.04 Å². The van der Waals surface area contributed by atoms with Gasteiger partial charge in [0.25, 0.3) is 0 Å². The predicted octanol–water partition coefficient (Wildman–Crippen LogP) is 3.75. The van der Waals surface area contributed by atoms with Crippen molar-refractivity contribution >= 4 is 0 Å². The van der Waals surface area contributed by atoms with Gasteiger partial charge in [0.15, 0.2) is 0 Å². The lowest BCUT2D eigenvalue weighted by molar-refractivity contribution is 0.252. The van der Waals surface area contributed by atoms with Crippen molar-refractivity contribution < 1.29 is 0 Å². The van der Waals surface area contributed by atoms with E-state index in [4.69, 9.17) is 0 Å². The summed E-state index contributed by atoms with van der Waals surface area (Å²) < 4.78 is 2.06. The maximum atomic E-state index is 3.62. The number of nitrogens with zero attached hydrogens (tertiary/aromatic N) is 1. The summed E-state index contributed by atoms with van der Waals surface area (Å²) in [6.45, 7) is 4.70. The third-order valence-electron chi connectivity index (χ3n) is 4.07. The summed E-state index contributed by atoms with van der Waals surface area (Å²) in [7, 11) is 0. The summed E-state index contributed by atoms with van der Waals surface area (Å²) in [5.41, 5.74) is 6.83. The van der Waals surface area contributed by atoms with E-state index in [2.05, 4.69) is 72.7 Å². The molecule has 1 atom stereocenters. The van der Waals surface area contributed by atoms with Crippen LogP contribution in [0.25, 0.3) is 0 Å². The lowest BCUT2D eigenvalue weighted by atomic mass is 9.70. The van der Waals surface area contributed by atoms with Crippen molar-refractivity contribution in [3.05, 3.63) is 59.9 Å². The van der Waals surface area contributed by atoms with Crippen molar-refractivity contribution in [3.8, 4) is 0 Å². The standard InChI is InChI=1S/C16H20N2/c1-16(2)10-9-13-7-3-4-8-14(13)15(16)17-18-11-5-6-12-18/h3-8,11-12,15,17H,9-10H2,1-2H3. The van der Waals surface area contributed by atoms with Gasteiger partial charge < -0.3 is 5.43 Å². The van der Waals surface area contributed by atoms with Crippen molar-refractivity contribution in [2.24, 2.45) is 5.41 Å². The second-order valence-electron chi connectivity index (χ2n) is 5.84. The molecule has 1 unspecified atom stereocenters. The van der Waals surface area contributed by atoms with Crippen molar-refractivity contribution in [1.29, 1.82) is 0 Å². The maximum absolute atomic E-state index is 3.62. The molecular formula is C16H20N2. The molecule has 0 aliphatic heterocycles. The van der Waals surface area contributed by atoms with Crippen LogP contribution in [0.15, 0.2) is 48.8 Å². The van der Waals surface area contributed by atoms with Gasteiger partial charge in [-0.15, -0.1) is 0 Å². The minimum atomic E-state index is 0.276. The smallest absolute Gasteiger partial charge is 0.0727 e. The molecule has 2 aromatic rings. The van der Waals surface area contributed by atoms with Crippen molar-refractivity contribution in [2.75, 3.05) is 5.43 Å². The summed E-state index contributed by atoms with van der Waals surface area (Å²) in [6, 6.07) is 13.3. The Morgan fingerprint density at radius 3 is 2.61 bits per heavy atom. The number of rotatable bonds is 2. The third-order valence-corrected chi connectivity index (χ3v) is 4.07. The van der Waals surface area contributed by atoms with Crippen molar-refractivity contribution in [3.63, 3.8) is 0 Å². The first-order valence-corrected chi connectivity index (χ1v) is 6.64. The highest BCUT2D eigenvalue weighted by atomic mass is 15.4. The molecule has 0 amide bonds. The molecule has 1 aliphatic carbocycles. The van der Waals surface area contributed by atoms with E-state index in [0.29, 0.717) is 6.04 Å². The van der Waals surface area contributed by atoms with Crippen LogP contribution in [0.2, 0.25) is 0 Å². The molecule has 0 radical (unpaired) electrons. The van der Waals surface area contributed by atoms with Gasteiger partial charge in [0.2, 0.25) is 0 Å². The number of aromatic nitrogens is 1. The number of aryl methyl sites for hydroxylation is 1. The Morgan fingerprint density at radius 2 is 1.83 bits per heavy atom. The van der Waals surface area contributed by atoms with Crippen LogP contribution in [0.4, 0.5) is 0 Å². The highest BCUT2D eigenvalue weighted by Crippen LogP contribution is 2.43. The zero-order chi connectivity index (χ0) is 12.6. The zero-order valence-corrected chi connectivity index (χ0v) is 11.1.